The molecule has 0 heterocycles. The van der Waals surface area contributed by atoms with Gasteiger partial charge in [-0.25, -0.2) is 0 Å². The number of benzene rings is 2. The summed E-state index contributed by atoms with van der Waals surface area (Å²) in [5.74, 6) is 5.93. The van der Waals surface area contributed by atoms with Crippen LogP contribution in [0.3, 0.4) is 0 Å². The van der Waals surface area contributed by atoms with E-state index in [0.29, 0.717) is 16.9 Å². The third kappa shape index (κ3) is 2.42. The molecule has 8 saturated carbocycles. The average Bonchev–Trinajstić information content (AvgIpc) is 2.71. The van der Waals surface area contributed by atoms with Gasteiger partial charge in [0.1, 0.15) is 11.5 Å². The molecule has 2 aromatic rings. The SMILES string of the molecule is Oc1cc2ccc(C34CC5CC(CC(C5)C3)C4)cc2c(O)c1C12CC3CC(CC(C3)C1)C2. The van der Waals surface area contributed by atoms with Gasteiger partial charge in [0.25, 0.3) is 0 Å². The molecule has 8 fully saturated rings. The van der Waals surface area contributed by atoms with E-state index in [4.69, 9.17) is 0 Å². The Balaban J connectivity index is 1.27. The first-order valence-electron chi connectivity index (χ1n) is 13.5. The number of hydrogen-bond donors (Lipinski definition) is 2. The Morgan fingerprint density at radius 1 is 0.594 bits per heavy atom. The molecule has 0 aromatic heterocycles. The number of hydrogen-bond acceptors (Lipinski definition) is 2. The standard InChI is InChI=1S/C30H36O2/c31-26-9-23-1-2-24(29-11-17-3-18(12-29)5-19(4-17)13-29)10-25(23)28(32)27(26)30-14-20-6-21(15-30)8-22(7-20)16-30/h1-2,9-10,17-22,31-32H,3-8,11-16H2. The highest BCUT2D eigenvalue weighted by atomic mass is 16.3. The highest BCUT2D eigenvalue weighted by Gasteiger charge is 2.54. The van der Waals surface area contributed by atoms with Crippen LogP contribution in [0.2, 0.25) is 0 Å². The quantitative estimate of drug-likeness (QED) is 0.531. The van der Waals surface area contributed by atoms with Crippen molar-refractivity contribution in [1.29, 1.82) is 0 Å². The van der Waals surface area contributed by atoms with Gasteiger partial charge in [0.15, 0.2) is 0 Å². The second kappa shape index (κ2) is 6.05. The summed E-state index contributed by atoms with van der Waals surface area (Å²) in [6.45, 7) is 0. The summed E-state index contributed by atoms with van der Waals surface area (Å²) in [5.41, 5.74) is 2.73. The predicted octanol–water partition coefficient (Wildman–Crippen LogP) is 7.19. The van der Waals surface area contributed by atoms with Crippen molar-refractivity contribution in [2.75, 3.05) is 0 Å². The summed E-state index contributed by atoms with van der Waals surface area (Å²) in [6.07, 6.45) is 16.1. The van der Waals surface area contributed by atoms with Crippen molar-refractivity contribution in [3.8, 4) is 11.5 Å². The lowest BCUT2D eigenvalue weighted by molar-refractivity contribution is -0.00701. The molecule has 8 aliphatic carbocycles. The third-order valence-electron chi connectivity index (χ3n) is 11.3. The van der Waals surface area contributed by atoms with Crippen molar-refractivity contribution in [3.63, 3.8) is 0 Å². The minimum Gasteiger partial charge on any atom is -0.507 e. The summed E-state index contributed by atoms with van der Waals surface area (Å²) >= 11 is 0. The zero-order valence-electron chi connectivity index (χ0n) is 19.2. The number of phenols is 2. The topological polar surface area (TPSA) is 40.5 Å². The van der Waals surface area contributed by atoms with Gasteiger partial charge < -0.3 is 10.2 Å². The number of fused-ring (bicyclic) bond motifs is 1. The van der Waals surface area contributed by atoms with Gasteiger partial charge in [0, 0.05) is 16.4 Å². The van der Waals surface area contributed by atoms with Crippen molar-refractivity contribution >= 4 is 10.8 Å². The molecule has 0 amide bonds. The van der Waals surface area contributed by atoms with Crippen molar-refractivity contribution in [1.82, 2.24) is 0 Å². The predicted molar refractivity (Wildman–Crippen MR) is 127 cm³/mol. The van der Waals surface area contributed by atoms with E-state index < -0.39 is 0 Å². The Hall–Kier alpha value is -1.70. The third-order valence-corrected chi connectivity index (χ3v) is 11.3. The molecule has 2 heteroatoms. The molecule has 0 atom stereocenters. The van der Waals surface area contributed by atoms with E-state index in [1.54, 1.807) is 0 Å². The van der Waals surface area contributed by atoms with Crippen molar-refractivity contribution in [3.05, 3.63) is 35.4 Å². The fraction of sp³-hybridized carbons (Fsp3) is 0.667. The van der Waals surface area contributed by atoms with Crippen LogP contribution in [-0.4, -0.2) is 10.2 Å². The lowest BCUT2D eigenvalue weighted by atomic mass is 9.47. The van der Waals surface area contributed by atoms with Crippen LogP contribution < -0.4 is 0 Å². The van der Waals surface area contributed by atoms with E-state index in [1.165, 1.54) is 82.6 Å². The lowest BCUT2D eigenvalue weighted by Crippen LogP contribution is -2.48. The molecule has 2 N–H and O–H groups in total. The number of aromatic hydroxyl groups is 2. The fourth-order valence-electron chi connectivity index (χ4n) is 11.1. The molecule has 0 radical (unpaired) electrons. The first-order chi connectivity index (χ1) is 15.5. The molecule has 168 valence electrons. The van der Waals surface area contributed by atoms with Gasteiger partial charge in [-0.05, 0) is 141 Å². The Labute approximate surface area is 191 Å². The van der Waals surface area contributed by atoms with Crippen LogP contribution in [0.5, 0.6) is 11.5 Å². The normalized spacial score (nSPS) is 45.8. The van der Waals surface area contributed by atoms with Crippen LogP contribution in [0.1, 0.15) is 88.2 Å². The first kappa shape index (κ1) is 18.7. The van der Waals surface area contributed by atoms with E-state index in [0.717, 1.165) is 51.8 Å². The maximum atomic E-state index is 11.7. The van der Waals surface area contributed by atoms with Gasteiger partial charge in [-0.2, -0.15) is 0 Å². The second-order valence-corrected chi connectivity index (χ2v) is 13.5. The van der Waals surface area contributed by atoms with E-state index >= 15 is 0 Å². The molecule has 8 bridgehead atoms. The fourth-order valence-corrected chi connectivity index (χ4v) is 11.1. The summed E-state index contributed by atoms with van der Waals surface area (Å²) < 4.78 is 0. The molecule has 2 aromatic carbocycles. The lowest BCUT2D eigenvalue weighted by Gasteiger charge is -2.57. The molecule has 2 nitrogen and oxygen atoms in total. The van der Waals surface area contributed by atoms with E-state index in [2.05, 4.69) is 18.2 Å². The summed E-state index contributed by atoms with van der Waals surface area (Å²) in [6, 6.07) is 8.83. The summed E-state index contributed by atoms with van der Waals surface area (Å²) in [7, 11) is 0. The largest absolute Gasteiger partial charge is 0.507 e. The minimum atomic E-state index is 0.00774. The Morgan fingerprint density at radius 3 is 1.56 bits per heavy atom. The Kier molecular flexibility index (Phi) is 3.53. The molecule has 0 unspecified atom stereocenters. The van der Waals surface area contributed by atoms with Crippen molar-refractivity contribution in [2.24, 2.45) is 35.5 Å². The molecule has 0 saturated heterocycles. The van der Waals surface area contributed by atoms with Gasteiger partial charge in [0.2, 0.25) is 0 Å². The molecule has 0 aliphatic heterocycles. The van der Waals surface area contributed by atoms with Gasteiger partial charge >= 0.3 is 0 Å². The Morgan fingerprint density at radius 2 is 1.06 bits per heavy atom. The molecule has 8 aliphatic rings. The smallest absolute Gasteiger partial charge is 0.130 e. The molecule has 0 spiro atoms. The highest BCUT2D eigenvalue weighted by molar-refractivity contribution is 5.92. The van der Waals surface area contributed by atoms with Gasteiger partial charge in [-0.3, -0.25) is 0 Å². The Bertz CT molecular complexity index is 1060. The summed E-state index contributed by atoms with van der Waals surface area (Å²) in [4.78, 5) is 0. The van der Waals surface area contributed by atoms with Gasteiger partial charge in [-0.1, -0.05) is 12.1 Å². The van der Waals surface area contributed by atoms with Crippen LogP contribution in [0.4, 0.5) is 0 Å². The van der Waals surface area contributed by atoms with Gasteiger partial charge in [0.05, 0.1) is 0 Å². The van der Waals surface area contributed by atoms with Crippen LogP contribution in [0.25, 0.3) is 10.8 Å². The number of rotatable bonds is 2. The molecule has 32 heavy (non-hydrogen) atoms. The number of phenolic OH excluding ortho intramolecular Hbond substituents is 2. The minimum absolute atomic E-state index is 0.00774. The van der Waals surface area contributed by atoms with E-state index in [9.17, 15) is 10.2 Å². The monoisotopic (exact) mass is 428 g/mol. The van der Waals surface area contributed by atoms with Gasteiger partial charge in [-0.15, -0.1) is 0 Å². The molecule has 10 rings (SSSR count). The molecular formula is C30H36O2. The second-order valence-electron chi connectivity index (χ2n) is 13.5. The van der Waals surface area contributed by atoms with Crippen LogP contribution in [0, 0.1) is 35.5 Å². The highest BCUT2D eigenvalue weighted by Crippen LogP contribution is 2.64. The van der Waals surface area contributed by atoms with Crippen LogP contribution >= 0.6 is 0 Å². The van der Waals surface area contributed by atoms with E-state index in [-0.39, 0.29) is 5.41 Å². The zero-order chi connectivity index (χ0) is 21.2. The van der Waals surface area contributed by atoms with Crippen molar-refractivity contribution in [2.45, 2.75) is 87.9 Å². The first-order valence-corrected chi connectivity index (χ1v) is 13.5. The van der Waals surface area contributed by atoms with Crippen LogP contribution in [-0.2, 0) is 10.8 Å². The van der Waals surface area contributed by atoms with Crippen LogP contribution in [0.15, 0.2) is 24.3 Å². The maximum absolute atomic E-state index is 11.7. The molecular weight excluding hydrogens is 392 g/mol. The zero-order valence-corrected chi connectivity index (χ0v) is 19.2. The average molecular weight is 429 g/mol. The maximum Gasteiger partial charge on any atom is 0.130 e. The summed E-state index contributed by atoms with van der Waals surface area (Å²) in [5, 5.41) is 24.9. The van der Waals surface area contributed by atoms with Crippen molar-refractivity contribution < 1.29 is 10.2 Å². The van der Waals surface area contributed by atoms with E-state index in [1.807, 2.05) is 6.07 Å².